The van der Waals surface area contributed by atoms with E-state index in [9.17, 15) is 4.79 Å². The first-order valence-corrected chi connectivity index (χ1v) is 6.69. The van der Waals surface area contributed by atoms with Crippen molar-refractivity contribution in [2.45, 2.75) is 13.5 Å². The maximum absolute atomic E-state index is 11.7. The highest BCUT2D eigenvalue weighted by Gasteiger charge is 2.17. The summed E-state index contributed by atoms with van der Waals surface area (Å²) >= 11 is 0. The molecule has 4 nitrogen and oxygen atoms in total. The van der Waals surface area contributed by atoms with Gasteiger partial charge in [0.15, 0.2) is 5.78 Å². The molecule has 1 saturated heterocycles. The van der Waals surface area contributed by atoms with Crippen molar-refractivity contribution in [3.05, 3.63) is 29.3 Å². The number of rotatable bonds is 4. The van der Waals surface area contributed by atoms with E-state index in [4.69, 9.17) is 4.74 Å². The van der Waals surface area contributed by atoms with Crippen LogP contribution in [-0.2, 0) is 6.54 Å². The normalized spacial score (nSPS) is 17.4. The Balaban J connectivity index is 2.15. The summed E-state index contributed by atoms with van der Waals surface area (Å²) in [5.74, 6) is 0.931. The quantitative estimate of drug-likeness (QED) is 0.772. The monoisotopic (exact) mass is 262 g/mol. The molecule has 0 saturated carbocycles. The molecule has 0 aromatic heterocycles. The maximum atomic E-state index is 11.7. The van der Waals surface area contributed by atoms with E-state index in [1.54, 1.807) is 14.0 Å². The van der Waals surface area contributed by atoms with Crippen LogP contribution in [0.5, 0.6) is 5.75 Å². The Morgan fingerprint density at radius 3 is 2.53 bits per heavy atom. The van der Waals surface area contributed by atoms with Crippen LogP contribution < -0.4 is 4.74 Å². The number of ether oxygens (including phenoxy) is 1. The Morgan fingerprint density at radius 2 is 1.95 bits per heavy atom. The molecular weight excluding hydrogens is 240 g/mol. The highest BCUT2D eigenvalue weighted by molar-refractivity contribution is 5.95. The third kappa shape index (κ3) is 3.55. The van der Waals surface area contributed by atoms with E-state index < -0.39 is 0 Å². The zero-order valence-corrected chi connectivity index (χ0v) is 12.0. The molecule has 0 aliphatic carbocycles. The highest BCUT2D eigenvalue weighted by Crippen LogP contribution is 2.20. The average Bonchev–Trinajstić information content (AvgIpc) is 2.41. The van der Waals surface area contributed by atoms with Gasteiger partial charge in [0, 0.05) is 38.3 Å². The number of benzene rings is 1. The molecule has 0 N–H and O–H groups in total. The summed E-state index contributed by atoms with van der Waals surface area (Å²) in [6, 6.07) is 5.70. The molecule has 0 bridgehead atoms. The zero-order chi connectivity index (χ0) is 13.8. The number of Topliss-reactive ketones (excluding diaryl/α,β-unsaturated/α-hetero) is 1. The van der Waals surface area contributed by atoms with Gasteiger partial charge in [-0.05, 0) is 37.7 Å². The number of hydrogen-bond acceptors (Lipinski definition) is 4. The number of ketones is 1. The Bertz CT molecular complexity index is 451. The first-order chi connectivity index (χ1) is 9.10. The zero-order valence-electron chi connectivity index (χ0n) is 12.0. The molecule has 2 rings (SSSR count). The topological polar surface area (TPSA) is 32.8 Å². The molecule has 0 atom stereocenters. The Labute approximate surface area is 115 Å². The number of likely N-dealkylation sites (N-methyl/N-ethyl adjacent to an activating group) is 1. The predicted octanol–water partition coefficient (Wildman–Crippen LogP) is 1.65. The number of hydrogen-bond donors (Lipinski definition) is 0. The fourth-order valence-electron chi connectivity index (χ4n) is 2.42. The van der Waals surface area contributed by atoms with Crippen LogP contribution >= 0.6 is 0 Å². The lowest BCUT2D eigenvalue weighted by Crippen LogP contribution is -2.44. The van der Waals surface area contributed by atoms with E-state index in [1.165, 1.54) is 0 Å². The minimum atomic E-state index is 0.117. The van der Waals surface area contributed by atoms with Crippen LogP contribution in [0, 0.1) is 0 Å². The van der Waals surface area contributed by atoms with Gasteiger partial charge >= 0.3 is 0 Å². The summed E-state index contributed by atoms with van der Waals surface area (Å²) in [6.45, 7) is 6.70. The van der Waals surface area contributed by atoms with Gasteiger partial charge in [-0.2, -0.15) is 0 Å². The number of carbonyl (C=O) groups excluding carboxylic acids is 1. The maximum Gasteiger partial charge on any atom is 0.160 e. The lowest BCUT2D eigenvalue weighted by molar-refractivity contribution is 0.101. The van der Waals surface area contributed by atoms with Crippen LogP contribution in [0.4, 0.5) is 0 Å². The lowest BCUT2D eigenvalue weighted by atomic mass is 10.0. The first kappa shape index (κ1) is 14.0. The summed E-state index contributed by atoms with van der Waals surface area (Å²) in [5.41, 5.74) is 1.87. The standard InChI is InChI=1S/C15H22N2O2/c1-12(18)15-5-4-14(19-3)10-13(15)11-17-8-6-16(2)7-9-17/h4-5,10H,6-9,11H2,1-3H3. The van der Waals surface area contributed by atoms with Gasteiger partial charge in [0.2, 0.25) is 0 Å². The molecule has 0 amide bonds. The van der Waals surface area contributed by atoms with Gasteiger partial charge in [0.25, 0.3) is 0 Å². The Hall–Kier alpha value is -1.39. The second kappa shape index (κ2) is 6.17. The molecule has 104 valence electrons. The van der Waals surface area contributed by atoms with E-state index in [1.807, 2.05) is 18.2 Å². The summed E-state index contributed by atoms with van der Waals surface area (Å²) in [7, 11) is 3.80. The van der Waals surface area contributed by atoms with Crippen LogP contribution in [0.3, 0.4) is 0 Å². The van der Waals surface area contributed by atoms with Crippen molar-refractivity contribution < 1.29 is 9.53 Å². The van der Waals surface area contributed by atoms with Gasteiger partial charge < -0.3 is 9.64 Å². The molecule has 0 spiro atoms. The highest BCUT2D eigenvalue weighted by atomic mass is 16.5. The third-order valence-electron chi connectivity index (χ3n) is 3.68. The molecule has 0 radical (unpaired) electrons. The number of piperazine rings is 1. The largest absolute Gasteiger partial charge is 0.497 e. The van der Waals surface area contributed by atoms with E-state index >= 15 is 0 Å². The minimum Gasteiger partial charge on any atom is -0.497 e. The molecule has 19 heavy (non-hydrogen) atoms. The van der Waals surface area contributed by atoms with Crippen LogP contribution in [0.25, 0.3) is 0 Å². The third-order valence-corrected chi connectivity index (χ3v) is 3.68. The smallest absolute Gasteiger partial charge is 0.160 e. The number of nitrogens with zero attached hydrogens (tertiary/aromatic N) is 2. The summed E-state index contributed by atoms with van der Waals surface area (Å²) in [5, 5.41) is 0. The predicted molar refractivity (Wildman–Crippen MR) is 75.8 cm³/mol. The van der Waals surface area contributed by atoms with Gasteiger partial charge in [-0.25, -0.2) is 0 Å². The Morgan fingerprint density at radius 1 is 1.26 bits per heavy atom. The van der Waals surface area contributed by atoms with Crippen molar-refractivity contribution in [2.24, 2.45) is 0 Å². The van der Waals surface area contributed by atoms with Crippen molar-refractivity contribution in [2.75, 3.05) is 40.3 Å². The summed E-state index contributed by atoms with van der Waals surface area (Å²) in [6.07, 6.45) is 0. The molecule has 0 unspecified atom stereocenters. The minimum absolute atomic E-state index is 0.117. The molecule has 1 aliphatic heterocycles. The molecule has 1 heterocycles. The van der Waals surface area contributed by atoms with E-state index in [-0.39, 0.29) is 5.78 Å². The fourth-order valence-corrected chi connectivity index (χ4v) is 2.42. The second-order valence-electron chi connectivity index (χ2n) is 5.16. The summed E-state index contributed by atoms with van der Waals surface area (Å²) in [4.78, 5) is 16.4. The number of methoxy groups -OCH3 is 1. The van der Waals surface area contributed by atoms with Crippen molar-refractivity contribution >= 4 is 5.78 Å². The van der Waals surface area contributed by atoms with Crippen molar-refractivity contribution in [1.29, 1.82) is 0 Å². The van der Waals surface area contributed by atoms with Gasteiger partial charge in [-0.3, -0.25) is 9.69 Å². The van der Waals surface area contributed by atoms with Crippen LogP contribution in [0.15, 0.2) is 18.2 Å². The van der Waals surface area contributed by atoms with E-state index in [0.29, 0.717) is 0 Å². The molecule has 1 aromatic rings. The summed E-state index contributed by atoms with van der Waals surface area (Å²) < 4.78 is 5.26. The Kier molecular flexibility index (Phi) is 4.56. The second-order valence-corrected chi connectivity index (χ2v) is 5.16. The van der Waals surface area contributed by atoms with Crippen molar-refractivity contribution in [3.63, 3.8) is 0 Å². The average molecular weight is 262 g/mol. The molecule has 1 aliphatic rings. The van der Waals surface area contributed by atoms with Gasteiger partial charge in [0.1, 0.15) is 5.75 Å². The van der Waals surface area contributed by atoms with Crippen LogP contribution in [-0.4, -0.2) is 55.9 Å². The fraction of sp³-hybridized carbons (Fsp3) is 0.533. The lowest BCUT2D eigenvalue weighted by Gasteiger charge is -2.32. The molecule has 1 fully saturated rings. The van der Waals surface area contributed by atoms with Gasteiger partial charge in [-0.1, -0.05) is 0 Å². The van der Waals surface area contributed by atoms with Crippen molar-refractivity contribution in [3.8, 4) is 5.75 Å². The van der Waals surface area contributed by atoms with E-state index in [2.05, 4.69) is 16.8 Å². The van der Waals surface area contributed by atoms with Crippen LogP contribution in [0.2, 0.25) is 0 Å². The van der Waals surface area contributed by atoms with E-state index in [0.717, 1.165) is 49.6 Å². The molecular formula is C15H22N2O2. The van der Waals surface area contributed by atoms with Gasteiger partial charge in [-0.15, -0.1) is 0 Å². The SMILES string of the molecule is COc1ccc(C(C)=O)c(CN2CCN(C)CC2)c1. The first-order valence-electron chi connectivity index (χ1n) is 6.69. The molecule has 1 aromatic carbocycles. The van der Waals surface area contributed by atoms with Gasteiger partial charge in [0.05, 0.1) is 7.11 Å². The van der Waals surface area contributed by atoms with Crippen LogP contribution in [0.1, 0.15) is 22.8 Å². The number of carbonyl (C=O) groups is 1. The van der Waals surface area contributed by atoms with Crippen molar-refractivity contribution in [1.82, 2.24) is 9.80 Å². The molecule has 4 heteroatoms.